The highest BCUT2D eigenvalue weighted by atomic mass is 16.2. The van der Waals surface area contributed by atoms with Gasteiger partial charge in [-0.2, -0.15) is 0 Å². The molecule has 1 heterocycles. The maximum absolute atomic E-state index is 11.2. The maximum atomic E-state index is 11.2. The Labute approximate surface area is 78.4 Å². The summed E-state index contributed by atoms with van der Waals surface area (Å²) in [5.74, 6) is 5.10. The lowest BCUT2D eigenvalue weighted by Gasteiger charge is -2.22. The molecule has 1 saturated carbocycles. The molecule has 0 aromatic rings. The molecule has 4 heteroatoms. The highest BCUT2D eigenvalue weighted by Gasteiger charge is 2.41. The summed E-state index contributed by atoms with van der Waals surface area (Å²) in [6, 6.07) is -0.122. The number of carbonyl (C=O) groups is 1. The molecule has 1 spiro atoms. The van der Waals surface area contributed by atoms with Gasteiger partial charge in [-0.1, -0.05) is 12.8 Å². The first kappa shape index (κ1) is 8.81. The number of likely N-dealkylation sites (tertiary alicyclic amines) is 1. The fourth-order valence-corrected chi connectivity index (χ4v) is 2.73. The number of hydrazine groups is 1. The Morgan fingerprint density at radius 3 is 2.62 bits per heavy atom. The van der Waals surface area contributed by atoms with E-state index in [0.717, 1.165) is 13.1 Å². The highest BCUT2D eigenvalue weighted by molar-refractivity contribution is 5.73. The number of amides is 2. The van der Waals surface area contributed by atoms with Gasteiger partial charge in [0, 0.05) is 13.1 Å². The molecule has 0 aromatic carbocycles. The topological polar surface area (TPSA) is 58.4 Å². The van der Waals surface area contributed by atoms with Gasteiger partial charge in [-0.05, 0) is 24.7 Å². The number of urea groups is 1. The molecule has 0 bridgehead atoms. The van der Waals surface area contributed by atoms with Gasteiger partial charge in [0.15, 0.2) is 0 Å². The summed E-state index contributed by atoms with van der Waals surface area (Å²) in [6.07, 6.45) is 6.42. The van der Waals surface area contributed by atoms with Gasteiger partial charge in [-0.15, -0.1) is 0 Å². The van der Waals surface area contributed by atoms with E-state index in [1.165, 1.54) is 32.1 Å². The summed E-state index contributed by atoms with van der Waals surface area (Å²) in [4.78, 5) is 13.1. The molecule has 0 unspecified atom stereocenters. The Bertz CT molecular complexity index is 211. The van der Waals surface area contributed by atoms with Crippen LogP contribution >= 0.6 is 0 Å². The van der Waals surface area contributed by atoms with E-state index in [1.807, 2.05) is 4.90 Å². The molecule has 2 fully saturated rings. The molecule has 2 aliphatic rings. The Morgan fingerprint density at radius 2 is 2.00 bits per heavy atom. The second-order valence-corrected chi connectivity index (χ2v) is 4.33. The smallest absolute Gasteiger partial charge is 0.323 e. The molecule has 13 heavy (non-hydrogen) atoms. The van der Waals surface area contributed by atoms with Crippen LogP contribution in [0.25, 0.3) is 0 Å². The lowest BCUT2D eigenvalue weighted by atomic mass is 9.86. The number of nitrogens with zero attached hydrogens (tertiary/aromatic N) is 1. The van der Waals surface area contributed by atoms with Crippen LogP contribution in [0.1, 0.15) is 32.1 Å². The van der Waals surface area contributed by atoms with Crippen LogP contribution in [0.15, 0.2) is 0 Å². The van der Waals surface area contributed by atoms with Crippen molar-refractivity contribution in [2.45, 2.75) is 32.1 Å². The first-order valence-electron chi connectivity index (χ1n) is 5.01. The number of carbonyl (C=O) groups excluding carboxylic acids is 1. The summed E-state index contributed by atoms with van der Waals surface area (Å²) in [5, 5.41) is 0. The monoisotopic (exact) mass is 183 g/mol. The van der Waals surface area contributed by atoms with Gasteiger partial charge >= 0.3 is 6.03 Å². The van der Waals surface area contributed by atoms with Crippen molar-refractivity contribution in [3.05, 3.63) is 0 Å². The van der Waals surface area contributed by atoms with E-state index in [1.54, 1.807) is 0 Å². The molecule has 1 saturated heterocycles. The predicted octanol–water partition coefficient (Wildman–Crippen LogP) is 0.836. The SMILES string of the molecule is NNC(=O)N1CCC2(CCCC2)C1. The van der Waals surface area contributed by atoms with Crippen LogP contribution in [0.2, 0.25) is 0 Å². The zero-order valence-corrected chi connectivity index (χ0v) is 7.88. The van der Waals surface area contributed by atoms with Crippen molar-refractivity contribution in [2.75, 3.05) is 13.1 Å². The van der Waals surface area contributed by atoms with Crippen LogP contribution in [0, 0.1) is 5.41 Å². The Balaban J connectivity index is 1.96. The Morgan fingerprint density at radius 1 is 1.31 bits per heavy atom. The molecular formula is C9H17N3O. The summed E-state index contributed by atoms with van der Waals surface area (Å²) in [5.41, 5.74) is 2.65. The van der Waals surface area contributed by atoms with Gasteiger partial charge in [0.2, 0.25) is 0 Å². The van der Waals surface area contributed by atoms with E-state index in [4.69, 9.17) is 5.84 Å². The molecule has 0 aromatic heterocycles. The summed E-state index contributed by atoms with van der Waals surface area (Å²) in [6.45, 7) is 1.79. The number of hydrogen-bond donors (Lipinski definition) is 2. The van der Waals surface area contributed by atoms with Crippen molar-refractivity contribution in [1.29, 1.82) is 0 Å². The van der Waals surface area contributed by atoms with Crippen LogP contribution in [-0.2, 0) is 0 Å². The van der Waals surface area contributed by atoms with Crippen LogP contribution in [0.3, 0.4) is 0 Å². The number of rotatable bonds is 0. The van der Waals surface area contributed by atoms with Gasteiger partial charge in [-0.3, -0.25) is 5.43 Å². The molecule has 1 aliphatic carbocycles. The average Bonchev–Trinajstić information content (AvgIpc) is 2.76. The molecular weight excluding hydrogens is 166 g/mol. The van der Waals surface area contributed by atoms with E-state index >= 15 is 0 Å². The minimum absolute atomic E-state index is 0.122. The van der Waals surface area contributed by atoms with E-state index in [0.29, 0.717) is 5.41 Å². The lowest BCUT2D eigenvalue weighted by Crippen LogP contribution is -2.42. The molecule has 0 radical (unpaired) electrons. The zero-order chi connectivity index (χ0) is 9.31. The van der Waals surface area contributed by atoms with Gasteiger partial charge in [0.05, 0.1) is 0 Å². The normalized spacial score (nSPS) is 25.5. The average molecular weight is 183 g/mol. The van der Waals surface area contributed by atoms with Crippen molar-refractivity contribution < 1.29 is 4.79 Å². The highest BCUT2D eigenvalue weighted by Crippen LogP contribution is 2.45. The zero-order valence-electron chi connectivity index (χ0n) is 7.88. The quantitative estimate of drug-likeness (QED) is 0.332. The largest absolute Gasteiger partial charge is 0.331 e. The molecule has 4 nitrogen and oxygen atoms in total. The Kier molecular flexibility index (Phi) is 2.15. The van der Waals surface area contributed by atoms with Crippen molar-refractivity contribution in [1.82, 2.24) is 10.3 Å². The second kappa shape index (κ2) is 3.18. The third-order valence-electron chi connectivity index (χ3n) is 3.51. The first-order valence-corrected chi connectivity index (χ1v) is 5.01. The summed E-state index contributed by atoms with van der Waals surface area (Å²) >= 11 is 0. The molecule has 2 amide bonds. The van der Waals surface area contributed by atoms with Crippen molar-refractivity contribution in [3.63, 3.8) is 0 Å². The first-order chi connectivity index (χ1) is 6.26. The predicted molar refractivity (Wildman–Crippen MR) is 49.8 cm³/mol. The summed E-state index contributed by atoms with van der Waals surface area (Å²) in [7, 11) is 0. The molecule has 74 valence electrons. The van der Waals surface area contributed by atoms with Crippen molar-refractivity contribution in [2.24, 2.45) is 11.3 Å². The molecule has 2 rings (SSSR count). The second-order valence-electron chi connectivity index (χ2n) is 4.33. The van der Waals surface area contributed by atoms with Gasteiger partial charge < -0.3 is 4.90 Å². The van der Waals surface area contributed by atoms with Crippen molar-refractivity contribution >= 4 is 6.03 Å². The summed E-state index contributed by atoms with van der Waals surface area (Å²) < 4.78 is 0. The third-order valence-corrected chi connectivity index (χ3v) is 3.51. The van der Waals surface area contributed by atoms with E-state index in [9.17, 15) is 4.79 Å². The van der Waals surface area contributed by atoms with Crippen LogP contribution < -0.4 is 11.3 Å². The maximum Gasteiger partial charge on any atom is 0.331 e. The van der Waals surface area contributed by atoms with Gasteiger partial charge in [0.1, 0.15) is 0 Å². The van der Waals surface area contributed by atoms with E-state index in [2.05, 4.69) is 5.43 Å². The molecule has 3 N–H and O–H groups in total. The van der Waals surface area contributed by atoms with E-state index in [-0.39, 0.29) is 6.03 Å². The number of nitrogens with one attached hydrogen (secondary N) is 1. The molecule has 0 atom stereocenters. The van der Waals surface area contributed by atoms with Gasteiger partial charge in [0.25, 0.3) is 0 Å². The van der Waals surface area contributed by atoms with E-state index < -0.39 is 0 Å². The minimum atomic E-state index is -0.122. The standard InChI is InChI=1S/C9H17N3O/c10-11-8(13)12-6-5-9(7-12)3-1-2-4-9/h1-7,10H2,(H,11,13). The third kappa shape index (κ3) is 1.50. The van der Waals surface area contributed by atoms with Gasteiger partial charge in [-0.25, -0.2) is 10.6 Å². The Hall–Kier alpha value is -0.770. The van der Waals surface area contributed by atoms with Crippen molar-refractivity contribution in [3.8, 4) is 0 Å². The minimum Gasteiger partial charge on any atom is -0.323 e. The molecule has 1 aliphatic heterocycles. The van der Waals surface area contributed by atoms with Crippen LogP contribution in [-0.4, -0.2) is 24.0 Å². The fraction of sp³-hybridized carbons (Fsp3) is 0.889. The lowest BCUT2D eigenvalue weighted by molar-refractivity contribution is 0.200. The van der Waals surface area contributed by atoms with Crippen LogP contribution in [0.4, 0.5) is 4.79 Å². The fourth-order valence-electron chi connectivity index (χ4n) is 2.73. The number of hydrogen-bond acceptors (Lipinski definition) is 2. The van der Waals surface area contributed by atoms with Crippen LogP contribution in [0.5, 0.6) is 0 Å². The number of nitrogens with two attached hydrogens (primary N) is 1.